The molecule has 3 aromatic carbocycles. The molecule has 1 aliphatic rings. The van der Waals surface area contributed by atoms with E-state index in [4.69, 9.17) is 4.98 Å². The minimum absolute atomic E-state index is 0.160. The van der Waals surface area contributed by atoms with Gasteiger partial charge in [0.1, 0.15) is 11.6 Å². The number of aromatic nitrogens is 2. The van der Waals surface area contributed by atoms with Gasteiger partial charge in [-0.05, 0) is 29.8 Å². The molecule has 1 saturated heterocycles. The SMILES string of the molecule is O=C(Nc1cc(F)ccc1F)N1CCN(c2nc3ccccc3n2Cc2ccccc2)CC1. The van der Waals surface area contributed by atoms with Crippen molar-refractivity contribution in [3.63, 3.8) is 0 Å². The number of carbonyl (C=O) groups is 1. The van der Waals surface area contributed by atoms with Gasteiger partial charge in [0, 0.05) is 32.2 Å². The third kappa shape index (κ3) is 4.37. The third-order valence-corrected chi connectivity index (χ3v) is 5.84. The number of nitrogens with zero attached hydrogens (tertiary/aromatic N) is 4. The molecule has 1 N–H and O–H groups in total. The van der Waals surface area contributed by atoms with Crippen molar-refractivity contribution in [3.05, 3.63) is 90.0 Å². The molecule has 0 unspecified atom stereocenters. The minimum atomic E-state index is -0.669. The molecule has 0 aliphatic carbocycles. The Morgan fingerprint density at radius 1 is 0.909 bits per heavy atom. The van der Waals surface area contributed by atoms with Gasteiger partial charge in [0.05, 0.1) is 23.3 Å². The first-order valence-electron chi connectivity index (χ1n) is 10.8. The third-order valence-electron chi connectivity index (χ3n) is 5.84. The molecule has 1 aliphatic heterocycles. The number of fused-ring (bicyclic) bond motifs is 1. The fraction of sp³-hybridized carbons (Fsp3) is 0.200. The molecule has 2 amide bonds. The Hall–Kier alpha value is -3.94. The highest BCUT2D eigenvalue weighted by Crippen LogP contribution is 2.25. The van der Waals surface area contributed by atoms with Crippen LogP contribution in [0.2, 0.25) is 0 Å². The molecule has 1 fully saturated rings. The van der Waals surface area contributed by atoms with E-state index < -0.39 is 17.7 Å². The van der Waals surface area contributed by atoms with Gasteiger partial charge in [0.25, 0.3) is 0 Å². The Morgan fingerprint density at radius 3 is 2.42 bits per heavy atom. The van der Waals surface area contributed by atoms with Crippen molar-refractivity contribution in [1.82, 2.24) is 14.5 Å². The van der Waals surface area contributed by atoms with Crippen LogP contribution in [-0.2, 0) is 6.54 Å². The van der Waals surface area contributed by atoms with E-state index in [1.807, 2.05) is 36.4 Å². The second-order valence-electron chi connectivity index (χ2n) is 8.00. The number of hydrogen-bond acceptors (Lipinski definition) is 3. The number of amides is 2. The molecule has 8 heteroatoms. The van der Waals surface area contributed by atoms with Gasteiger partial charge in [-0.25, -0.2) is 18.6 Å². The number of rotatable bonds is 4. The molecule has 4 aromatic rings. The molecule has 0 atom stereocenters. The Bertz CT molecular complexity index is 1280. The van der Waals surface area contributed by atoms with E-state index in [1.165, 1.54) is 5.56 Å². The Morgan fingerprint density at radius 2 is 1.64 bits per heavy atom. The molecule has 0 saturated carbocycles. The molecule has 0 radical (unpaired) electrons. The lowest BCUT2D eigenvalue weighted by molar-refractivity contribution is 0.207. The van der Waals surface area contributed by atoms with E-state index in [1.54, 1.807) is 4.90 Å². The maximum absolute atomic E-state index is 13.9. The van der Waals surface area contributed by atoms with Crippen molar-refractivity contribution in [2.24, 2.45) is 0 Å². The van der Waals surface area contributed by atoms with Gasteiger partial charge in [-0.2, -0.15) is 0 Å². The van der Waals surface area contributed by atoms with Gasteiger partial charge in [-0.1, -0.05) is 42.5 Å². The lowest BCUT2D eigenvalue weighted by Gasteiger charge is -2.35. The highest BCUT2D eigenvalue weighted by molar-refractivity contribution is 5.89. The summed E-state index contributed by atoms with van der Waals surface area (Å²) in [5.74, 6) is -0.414. The van der Waals surface area contributed by atoms with Crippen molar-refractivity contribution in [3.8, 4) is 0 Å². The number of halogens is 2. The van der Waals surface area contributed by atoms with E-state index in [9.17, 15) is 13.6 Å². The van der Waals surface area contributed by atoms with Crippen LogP contribution in [0.3, 0.4) is 0 Å². The smallest absolute Gasteiger partial charge is 0.322 e. The number of imidazole rings is 1. The fourth-order valence-corrected chi connectivity index (χ4v) is 4.12. The average molecular weight is 447 g/mol. The summed E-state index contributed by atoms with van der Waals surface area (Å²) in [6.45, 7) is 2.74. The monoisotopic (exact) mass is 447 g/mol. The van der Waals surface area contributed by atoms with Gasteiger partial charge in [-0.3, -0.25) is 0 Å². The highest BCUT2D eigenvalue weighted by atomic mass is 19.1. The zero-order valence-corrected chi connectivity index (χ0v) is 17.9. The summed E-state index contributed by atoms with van der Waals surface area (Å²) in [6.07, 6.45) is 0. The standard InChI is InChI=1S/C25H23F2N5O/c26-19-10-11-20(27)22(16-19)29-25(33)31-14-12-30(13-15-31)24-28-21-8-4-5-9-23(21)32(24)17-18-6-2-1-3-7-18/h1-11,16H,12-15,17H2,(H,29,33). The predicted octanol–water partition coefficient (Wildman–Crippen LogP) is 4.72. The number of benzene rings is 3. The quantitative estimate of drug-likeness (QED) is 0.493. The lowest BCUT2D eigenvalue weighted by atomic mass is 10.2. The Kier molecular flexibility index (Phi) is 5.64. The van der Waals surface area contributed by atoms with Crippen LogP contribution in [0, 0.1) is 11.6 Å². The van der Waals surface area contributed by atoms with E-state index in [0.717, 1.165) is 35.2 Å². The summed E-state index contributed by atoms with van der Waals surface area (Å²) >= 11 is 0. The first-order valence-corrected chi connectivity index (χ1v) is 10.8. The van der Waals surface area contributed by atoms with Gasteiger partial charge in [0.2, 0.25) is 5.95 Å². The van der Waals surface area contributed by atoms with Gasteiger partial charge >= 0.3 is 6.03 Å². The summed E-state index contributed by atoms with van der Waals surface area (Å²) in [4.78, 5) is 21.2. The van der Waals surface area contributed by atoms with Crippen molar-refractivity contribution >= 4 is 28.7 Å². The molecular weight excluding hydrogens is 424 g/mol. The van der Waals surface area contributed by atoms with Crippen molar-refractivity contribution in [1.29, 1.82) is 0 Å². The van der Waals surface area contributed by atoms with Crippen LogP contribution in [0.1, 0.15) is 5.56 Å². The largest absolute Gasteiger partial charge is 0.339 e. The molecule has 2 heterocycles. The summed E-state index contributed by atoms with van der Waals surface area (Å²) in [6, 6.07) is 20.8. The van der Waals surface area contributed by atoms with E-state index in [2.05, 4.69) is 33.0 Å². The van der Waals surface area contributed by atoms with E-state index in [0.29, 0.717) is 32.7 Å². The average Bonchev–Trinajstić information content (AvgIpc) is 3.20. The van der Waals surface area contributed by atoms with Crippen LogP contribution in [0.5, 0.6) is 0 Å². The molecule has 5 rings (SSSR count). The number of urea groups is 1. The summed E-state index contributed by atoms with van der Waals surface area (Å²) in [7, 11) is 0. The second kappa shape index (κ2) is 8.90. The van der Waals surface area contributed by atoms with Crippen LogP contribution in [0.4, 0.5) is 25.2 Å². The maximum atomic E-state index is 13.9. The lowest BCUT2D eigenvalue weighted by Crippen LogP contribution is -2.50. The molecule has 6 nitrogen and oxygen atoms in total. The summed E-state index contributed by atoms with van der Waals surface area (Å²) in [5, 5.41) is 2.47. The zero-order valence-electron chi connectivity index (χ0n) is 17.9. The van der Waals surface area contributed by atoms with Crippen LogP contribution >= 0.6 is 0 Å². The highest BCUT2D eigenvalue weighted by Gasteiger charge is 2.25. The van der Waals surface area contributed by atoms with Crippen LogP contribution in [0.25, 0.3) is 11.0 Å². The molecule has 0 bridgehead atoms. The normalized spacial score (nSPS) is 14.0. The van der Waals surface area contributed by atoms with Crippen molar-refractivity contribution < 1.29 is 13.6 Å². The van der Waals surface area contributed by atoms with Crippen molar-refractivity contribution in [2.45, 2.75) is 6.54 Å². The minimum Gasteiger partial charge on any atom is -0.339 e. The maximum Gasteiger partial charge on any atom is 0.322 e. The summed E-state index contributed by atoms with van der Waals surface area (Å²) in [5.41, 5.74) is 2.99. The van der Waals surface area contributed by atoms with Crippen molar-refractivity contribution in [2.75, 3.05) is 36.4 Å². The molecule has 168 valence electrons. The van der Waals surface area contributed by atoms with Gasteiger partial charge < -0.3 is 19.7 Å². The Labute approximate surface area is 190 Å². The number of nitrogens with one attached hydrogen (secondary N) is 1. The fourth-order valence-electron chi connectivity index (χ4n) is 4.12. The molecule has 1 aromatic heterocycles. The number of carbonyl (C=O) groups excluding carboxylic acids is 1. The van der Waals surface area contributed by atoms with Gasteiger partial charge in [-0.15, -0.1) is 0 Å². The first-order chi connectivity index (χ1) is 16.1. The predicted molar refractivity (Wildman–Crippen MR) is 124 cm³/mol. The van der Waals surface area contributed by atoms with Crippen LogP contribution in [-0.4, -0.2) is 46.7 Å². The topological polar surface area (TPSA) is 53.4 Å². The molecule has 0 spiro atoms. The first kappa shape index (κ1) is 20.9. The number of hydrogen-bond donors (Lipinski definition) is 1. The number of piperazine rings is 1. The summed E-state index contributed by atoms with van der Waals surface area (Å²) < 4.78 is 29.5. The Balaban J connectivity index is 1.32. The van der Waals surface area contributed by atoms with E-state index in [-0.39, 0.29) is 5.69 Å². The van der Waals surface area contributed by atoms with Crippen LogP contribution in [0.15, 0.2) is 72.8 Å². The van der Waals surface area contributed by atoms with Crippen LogP contribution < -0.4 is 10.2 Å². The van der Waals surface area contributed by atoms with E-state index >= 15 is 0 Å². The number of para-hydroxylation sites is 2. The molecule has 33 heavy (non-hydrogen) atoms. The molecular formula is C25H23F2N5O. The number of anilines is 2. The second-order valence-corrected chi connectivity index (χ2v) is 8.00. The zero-order chi connectivity index (χ0) is 22.8. The van der Waals surface area contributed by atoms with Gasteiger partial charge in [0.15, 0.2) is 0 Å².